The lowest BCUT2D eigenvalue weighted by Crippen LogP contribution is -2.21. The van der Waals surface area contributed by atoms with E-state index in [4.69, 9.17) is 0 Å². The summed E-state index contributed by atoms with van der Waals surface area (Å²) >= 11 is 3.56. The number of aromatic nitrogens is 3. The first-order valence-electron chi connectivity index (χ1n) is 3.93. The van der Waals surface area contributed by atoms with E-state index in [-0.39, 0.29) is 11.1 Å². The van der Waals surface area contributed by atoms with E-state index in [1.807, 2.05) is 0 Å². The van der Waals surface area contributed by atoms with Crippen molar-refractivity contribution in [3.63, 3.8) is 0 Å². The van der Waals surface area contributed by atoms with E-state index in [9.17, 15) is 9.59 Å². The Bertz CT molecular complexity index is 759. The first-order valence-corrected chi connectivity index (χ1v) is 6.29. The molecule has 0 amide bonds. The number of hydrogen-bond acceptors (Lipinski definition) is 7. The average molecular weight is 257 g/mol. The number of hydrogen-bond donors (Lipinski definition) is 0. The van der Waals surface area contributed by atoms with Crippen LogP contribution in [0.1, 0.15) is 0 Å². The van der Waals surface area contributed by atoms with Gasteiger partial charge in [-0.25, -0.2) is 0 Å². The monoisotopic (exact) mass is 257 g/mol. The second-order valence-corrected chi connectivity index (χ2v) is 5.43. The van der Waals surface area contributed by atoms with E-state index < -0.39 is 0 Å². The van der Waals surface area contributed by atoms with Crippen molar-refractivity contribution in [3.05, 3.63) is 29.8 Å². The number of rotatable bonds is 0. The summed E-state index contributed by atoms with van der Waals surface area (Å²) in [7, 11) is 1.48. The maximum absolute atomic E-state index is 11.6. The van der Waals surface area contributed by atoms with Crippen molar-refractivity contribution in [3.8, 4) is 0 Å². The highest BCUT2D eigenvalue weighted by Gasteiger charge is 2.11. The zero-order valence-electron chi connectivity index (χ0n) is 7.38. The molecule has 0 atom stereocenters. The smallest absolute Gasteiger partial charge is 0.272 e. The van der Waals surface area contributed by atoms with E-state index in [0.29, 0.717) is 9.06 Å². The average Bonchev–Trinajstić information content (AvgIpc) is 2.77. The van der Waals surface area contributed by atoms with Gasteiger partial charge in [-0.05, 0) is 0 Å². The second-order valence-electron chi connectivity index (χ2n) is 2.91. The van der Waals surface area contributed by atoms with Gasteiger partial charge in [0.15, 0.2) is 9.66 Å². The fourth-order valence-electron chi connectivity index (χ4n) is 1.26. The minimum atomic E-state index is -0.244. The van der Waals surface area contributed by atoms with Crippen molar-refractivity contribution in [2.24, 2.45) is 7.05 Å². The van der Waals surface area contributed by atoms with Crippen LogP contribution >= 0.6 is 34.4 Å². The molecule has 2 aliphatic rings. The first kappa shape index (κ1) is 9.13. The summed E-state index contributed by atoms with van der Waals surface area (Å²) in [5.41, 5.74) is -0.489. The van der Waals surface area contributed by atoms with Crippen molar-refractivity contribution >= 4 is 44.1 Å². The molecule has 1 aromatic rings. The molecule has 1 aromatic heterocycles. The van der Waals surface area contributed by atoms with Crippen LogP contribution in [-0.2, 0) is 7.05 Å². The maximum Gasteiger partial charge on any atom is 0.272 e. The Morgan fingerprint density at radius 3 is 1.93 bits per heavy atom. The highest BCUT2D eigenvalue weighted by Crippen LogP contribution is 2.21. The van der Waals surface area contributed by atoms with Crippen LogP contribution in [0.25, 0.3) is 9.66 Å². The Balaban J connectivity index is 2.78. The standard InChI is InChI=1S/C7H3N3O2S3/c1-10-6(11)2-3(7(10)12)14-5-4(13-2)8-15-9-5/h1H3. The zero-order valence-corrected chi connectivity index (χ0v) is 9.83. The van der Waals surface area contributed by atoms with Crippen molar-refractivity contribution in [1.29, 1.82) is 0 Å². The van der Waals surface area contributed by atoms with E-state index in [1.54, 1.807) is 0 Å². The van der Waals surface area contributed by atoms with Gasteiger partial charge in [-0.1, -0.05) is 0 Å². The SMILES string of the molecule is Cn1c(=O)c2sc3nsnc3sc=2c1=O. The van der Waals surface area contributed by atoms with Gasteiger partial charge in [0.2, 0.25) is 0 Å². The highest BCUT2D eigenvalue weighted by molar-refractivity contribution is 7.27. The fraction of sp³-hybridized carbons (Fsp3) is 0.143. The molecule has 76 valence electrons. The predicted molar refractivity (Wildman–Crippen MR) is 60.0 cm³/mol. The molecule has 0 aromatic carbocycles. The van der Waals surface area contributed by atoms with Gasteiger partial charge in [-0.3, -0.25) is 14.2 Å². The molecule has 15 heavy (non-hydrogen) atoms. The first-order chi connectivity index (χ1) is 7.18. The maximum atomic E-state index is 11.6. The van der Waals surface area contributed by atoms with Crippen LogP contribution in [0.3, 0.4) is 0 Å². The van der Waals surface area contributed by atoms with Crippen LogP contribution in [0.5, 0.6) is 0 Å². The van der Waals surface area contributed by atoms with Crippen LogP contribution < -0.4 is 11.1 Å². The second kappa shape index (κ2) is 2.94. The lowest BCUT2D eigenvalue weighted by Gasteiger charge is -1.80. The van der Waals surface area contributed by atoms with Gasteiger partial charge in [0.1, 0.15) is 9.06 Å². The van der Waals surface area contributed by atoms with Gasteiger partial charge in [-0.2, -0.15) is 8.75 Å². The van der Waals surface area contributed by atoms with Gasteiger partial charge in [0, 0.05) is 7.05 Å². The highest BCUT2D eigenvalue weighted by atomic mass is 32.1. The third-order valence-corrected chi connectivity index (χ3v) is 5.17. The summed E-state index contributed by atoms with van der Waals surface area (Å²) in [4.78, 5) is 24.7. The Kier molecular flexibility index (Phi) is 1.79. The Labute approximate surface area is 94.2 Å². The summed E-state index contributed by atoms with van der Waals surface area (Å²) in [5.74, 6) is 0. The van der Waals surface area contributed by atoms with Crippen molar-refractivity contribution in [2.75, 3.05) is 0 Å². The van der Waals surface area contributed by atoms with Crippen molar-refractivity contribution < 1.29 is 0 Å². The van der Waals surface area contributed by atoms with Gasteiger partial charge in [0.25, 0.3) is 11.1 Å². The Hall–Kier alpha value is -1.12. The largest absolute Gasteiger partial charge is 0.276 e. The van der Waals surface area contributed by atoms with Gasteiger partial charge in [-0.15, -0.1) is 22.7 Å². The van der Waals surface area contributed by atoms with Gasteiger partial charge < -0.3 is 0 Å². The topological polar surface area (TPSA) is 64.8 Å². The molecule has 5 nitrogen and oxygen atoms in total. The lowest BCUT2D eigenvalue weighted by molar-refractivity contribution is 0.845. The minimum Gasteiger partial charge on any atom is -0.276 e. The molecule has 3 heterocycles. The predicted octanol–water partition coefficient (Wildman–Crippen LogP) is 0.598. The molecule has 0 radical (unpaired) electrons. The molecular formula is C7H3N3O2S3. The molecule has 0 saturated carbocycles. The molecule has 2 aliphatic heterocycles. The Morgan fingerprint density at radius 1 is 1.00 bits per heavy atom. The van der Waals surface area contributed by atoms with E-state index in [1.165, 1.54) is 29.7 Å². The molecule has 0 aliphatic carbocycles. The van der Waals surface area contributed by atoms with E-state index >= 15 is 0 Å². The fourth-order valence-corrected chi connectivity index (χ4v) is 4.20. The van der Waals surface area contributed by atoms with Crippen LogP contribution in [-0.4, -0.2) is 13.3 Å². The summed E-state index contributed by atoms with van der Waals surface area (Å²) in [6.45, 7) is 0. The molecule has 3 rings (SSSR count). The van der Waals surface area contributed by atoms with E-state index in [2.05, 4.69) is 8.75 Å². The zero-order chi connectivity index (χ0) is 10.6. The van der Waals surface area contributed by atoms with Crippen LogP contribution in [0.15, 0.2) is 9.59 Å². The summed E-state index contributed by atoms with van der Waals surface area (Å²) in [6.07, 6.45) is 0. The number of nitrogens with zero attached hydrogens (tertiary/aromatic N) is 3. The molecule has 0 spiro atoms. The van der Waals surface area contributed by atoms with Gasteiger partial charge >= 0.3 is 0 Å². The lowest BCUT2D eigenvalue weighted by atomic mass is 10.7. The van der Waals surface area contributed by atoms with Crippen LogP contribution in [0, 0.1) is 9.06 Å². The summed E-state index contributed by atoms with van der Waals surface area (Å²) in [5, 5.41) is 0. The molecule has 0 fully saturated rings. The molecular weight excluding hydrogens is 254 g/mol. The van der Waals surface area contributed by atoms with Crippen molar-refractivity contribution in [1.82, 2.24) is 13.3 Å². The quantitative estimate of drug-likeness (QED) is 0.591. The van der Waals surface area contributed by atoms with Crippen LogP contribution in [0.2, 0.25) is 0 Å². The molecule has 0 saturated heterocycles. The number of fused-ring (bicyclic) bond motifs is 1. The molecule has 0 unspecified atom stereocenters. The summed E-state index contributed by atoms with van der Waals surface area (Å²) < 4.78 is 10.2. The Morgan fingerprint density at radius 2 is 1.47 bits per heavy atom. The normalized spacial score (nSPS) is 11.5. The van der Waals surface area contributed by atoms with Gasteiger partial charge in [0.05, 0.1) is 11.7 Å². The minimum absolute atomic E-state index is 0.244. The van der Waals surface area contributed by atoms with Crippen molar-refractivity contribution in [2.45, 2.75) is 0 Å². The summed E-state index contributed by atoms with van der Waals surface area (Å²) in [6, 6.07) is 0. The third-order valence-electron chi connectivity index (χ3n) is 2.03. The van der Waals surface area contributed by atoms with Crippen LogP contribution in [0.4, 0.5) is 0 Å². The molecule has 8 heteroatoms. The molecule has 0 bridgehead atoms. The molecule has 0 N–H and O–H groups in total. The van der Waals surface area contributed by atoms with E-state index in [0.717, 1.165) is 26.0 Å². The third kappa shape index (κ3) is 1.12.